The molecular weight excluding hydrogens is 360 g/mol. The molecule has 1 fully saturated rings. The quantitative estimate of drug-likeness (QED) is 0.221. The zero-order valence-electron chi connectivity index (χ0n) is 17.2. The molecule has 0 saturated carbocycles. The van der Waals surface area contributed by atoms with Crippen molar-refractivity contribution in [3.05, 3.63) is 24.3 Å². The molecule has 0 spiro atoms. The Morgan fingerprint density at radius 2 is 2.00 bits per heavy atom. The lowest BCUT2D eigenvalue weighted by atomic mass is 9.79. The number of hydrogen-bond donors (Lipinski definition) is 0. The summed E-state index contributed by atoms with van der Waals surface area (Å²) in [4.78, 5) is 23.9. The van der Waals surface area contributed by atoms with E-state index in [-0.39, 0.29) is 17.2 Å². The maximum atomic E-state index is 12.5. The number of rotatable bonds is 14. The number of hydrogen-bond acceptors (Lipinski definition) is 5. The number of unbranched alkanes of at least 4 members (excludes halogenated alkanes) is 4. The Balaban J connectivity index is 2.58. The van der Waals surface area contributed by atoms with Crippen molar-refractivity contribution in [3.63, 3.8) is 0 Å². The van der Waals surface area contributed by atoms with Crippen LogP contribution in [0.3, 0.4) is 0 Å². The molecule has 0 amide bonds. The lowest BCUT2D eigenvalue weighted by Gasteiger charge is -2.30. The smallest absolute Gasteiger partial charge is 0.313 e. The summed E-state index contributed by atoms with van der Waals surface area (Å²) < 4.78 is 10.3. The number of allylic oxidation sites excluding steroid dienone is 3. The topological polar surface area (TPSA) is 52.6 Å². The van der Waals surface area contributed by atoms with Gasteiger partial charge >= 0.3 is 11.9 Å². The fourth-order valence-corrected chi connectivity index (χ4v) is 4.39. The summed E-state index contributed by atoms with van der Waals surface area (Å²) in [5.74, 6) is -0.214. The monoisotopic (exact) mass is 396 g/mol. The van der Waals surface area contributed by atoms with Crippen molar-refractivity contribution in [2.45, 2.75) is 76.9 Å². The van der Waals surface area contributed by atoms with E-state index in [2.05, 4.69) is 37.5 Å². The van der Waals surface area contributed by atoms with Crippen molar-refractivity contribution in [2.24, 2.45) is 5.41 Å². The van der Waals surface area contributed by atoms with Gasteiger partial charge in [-0.15, -0.1) is 0 Å². The van der Waals surface area contributed by atoms with Crippen molar-refractivity contribution in [3.8, 4) is 0 Å². The van der Waals surface area contributed by atoms with Crippen LogP contribution in [0, 0.1) is 5.41 Å². The fourth-order valence-electron chi connectivity index (χ4n) is 3.36. The predicted molar refractivity (Wildman–Crippen MR) is 113 cm³/mol. The SMILES string of the molecule is CCCCCC=CC(SC)C1(CC=CCCCC(=O)OCC)CCOC1=O. The molecule has 0 aromatic heterocycles. The average molecular weight is 397 g/mol. The summed E-state index contributed by atoms with van der Waals surface area (Å²) in [6.07, 6.45) is 18.9. The van der Waals surface area contributed by atoms with Gasteiger partial charge in [0.2, 0.25) is 0 Å². The second-order valence-corrected chi connectivity index (χ2v) is 7.97. The highest BCUT2D eigenvalue weighted by Crippen LogP contribution is 2.43. The van der Waals surface area contributed by atoms with E-state index in [1.165, 1.54) is 19.3 Å². The molecular formula is C22H36O4S. The van der Waals surface area contributed by atoms with E-state index in [4.69, 9.17) is 9.47 Å². The van der Waals surface area contributed by atoms with E-state index >= 15 is 0 Å². The van der Waals surface area contributed by atoms with Crippen LogP contribution < -0.4 is 0 Å². The largest absolute Gasteiger partial charge is 0.466 e. The highest BCUT2D eigenvalue weighted by molar-refractivity contribution is 7.99. The van der Waals surface area contributed by atoms with E-state index in [1.54, 1.807) is 11.8 Å². The molecule has 1 saturated heterocycles. The van der Waals surface area contributed by atoms with Crippen LogP contribution in [-0.2, 0) is 19.1 Å². The van der Waals surface area contributed by atoms with E-state index in [9.17, 15) is 9.59 Å². The Morgan fingerprint density at radius 3 is 2.63 bits per heavy atom. The van der Waals surface area contributed by atoms with Gasteiger partial charge in [-0.25, -0.2) is 0 Å². The van der Waals surface area contributed by atoms with Crippen LogP contribution in [0.5, 0.6) is 0 Å². The average Bonchev–Trinajstić information content (AvgIpc) is 3.02. The van der Waals surface area contributed by atoms with Crippen LogP contribution >= 0.6 is 11.8 Å². The standard InChI is InChI=1S/C22H36O4S/c1-4-6-7-8-11-14-19(27-3)22(17-18-26-21(22)24)16-13-10-9-12-15-20(23)25-5-2/h10-11,13-14,19H,4-9,12,15-18H2,1-3H3. The summed E-state index contributed by atoms with van der Waals surface area (Å²) in [6, 6.07) is 0. The van der Waals surface area contributed by atoms with Crippen molar-refractivity contribution in [2.75, 3.05) is 19.5 Å². The zero-order valence-corrected chi connectivity index (χ0v) is 18.0. The number of ether oxygens (including phenoxy) is 2. The van der Waals surface area contributed by atoms with E-state index in [0.29, 0.717) is 26.1 Å². The summed E-state index contributed by atoms with van der Waals surface area (Å²) in [6.45, 7) is 4.97. The molecule has 2 atom stereocenters. The lowest BCUT2D eigenvalue weighted by Crippen LogP contribution is -2.36. The predicted octanol–water partition coefficient (Wildman–Crippen LogP) is 5.47. The van der Waals surface area contributed by atoms with Crippen molar-refractivity contribution in [1.29, 1.82) is 0 Å². The molecule has 0 radical (unpaired) electrons. The summed E-state index contributed by atoms with van der Waals surface area (Å²) >= 11 is 1.73. The number of thioether (sulfide) groups is 1. The number of carbonyl (C=O) groups excluding carboxylic acids is 2. The van der Waals surface area contributed by atoms with Crippen molar-refractivity contribution >= 4 is 23.7 Å². The maximum absolute atomic E-state index is 12.5. The minimum Gasteiger partial charge on any atom is -0.466 e. The molecule has 1 rings (SSSR count). The van der Waals surface area contributed by atoms with Gasteiger partial charge < -0.3 is 9.47 Å². The Morgan fingerprint density at radius 1 is 1.22 bits per heavy atom. The van der Waals surface area contributed by atoms with E-state index in [0.717, 1.165) is 25.7 Å². The van der Waals surface area contributed by atoms with Gasteiger partial charge in [-0.2, -0.15) is 11.8 Å². The molecule has 1 aliphatic rings. The number of esters is 2. The van der Waals surface area contributed by atoms with Crippen LogP contribution in [0.1, 0.15) is 71.6 Å². The van der Waals surface area contributed by atoms with Gasteiger partial charge in [0.25, 0.3) is 0 Å². The summed E-state index contributed by atoms with van der Waals surface area (Å²) in [5.41, 5.74) is -0.460. The van der Waals surface area contributed by atoms with Gasteiger partial charge in [-0.05, 0) is 51.7 Å². The second kappa shape index (κ2) is 13.9. The van der Waals surface area contributed by atoms with Crippen molar-refractivity contribution < 1.29 is 19.1 Å². The second-order valence-electron chi connectivity index (χ2n) is 7.00. The van der Waals surface area contributed by atoms with Crippen LogP contribution in [0.4, 0.5) is 0 Å². The molecule has 27 heavy (non-hydrogen) atoms. The molecule has 5 heteroatoms. The summed E-state index contributed by atoms with van der Waals surface area (Å²) in [5, 5.41) is 0.137. The molecule has 0 bridgehead atoms. The molecule has 4 nitrogen and oxygen atoms in total. The van der Waals surface area contributed by atoms with Crippen LogP contribution in [0.15, 0.2) is 24.3 Å². The number of carbonyl (C=O) groups is 2. The highest BCUT2D eigenvalue weighted by Gasteiger charge is 2.48. The minimum atomic E-state index is -0.460. The van der Waals surface area contributed by atoms with E-state index in [1.807, 2.05) is 6.92 Å². The Kier molecular flexibility index (Phi) is 12.2. The molecule has 1 aliphatic heterocycles. The lowest BCUT2D eigenvalue weighted by molar-refractivity contribution is -0.146. The number of cyclic esters (lactones) is 1. The molecule has 2 unspecified atom stereocenters. The van der Waals surface area contributed by atoms with Crippen molar-refractivity contribution in [1.82, 2.24) is 0 Å². The zero-order chi connectivity index (χ0) is 20.0. The molecule has 0 aromatic rings. The molecule has 1 heterocycles. The summed E-state index contributed by atoms with van der Waals surface area (Å²) in [7, 11) is 0. The Labute approximate surface area is 169 Å². The van der Waals surface area contributed by atoms with Crippen LogP contribution in [-0.4, -0.2) is 36.7 Å². The molecule has 0 N–H and O–H groups in total. The van der Waals surface area contributed by atoms with Gasteiger partial charge in [0, 0.05) is 11.7 Å². The Bertz CT molecular complexity index is 501. The first-order valence-corrected chi connectivity index (χ1v) is 11.6. The molecule has 0 aliphatic carbocycles. The first kappa shape index (κ1) is 23.8. The maximum Gasteiger partial charge on any atom is 0.313 e. The molecule has 0 aromatic carbocycles. The van der Waals surface area contributed by atoms with Gasteiger partial charge in [-0.3, -0.25) is 9.59 Å². The Hall–Kier alpha value is -1.23. The van der Waals surface area contributed by atoms with Crippen LogP contribution in [0.25, 0.3) is 0 Å². The van der Waals surface area contributed by atoms with Gasteiger partial charge in [0.05, 0.1) is 18.6 Å². The minimum absolute atomic E-state index is 0.0729. The fraction of sp³-hybridized carbons (Fsp3) is 0.727. The third-order valence-electron chi connectivity index (χ3n) is 4.98. The third kappa shape index (κ3) is 8.12. The third-order valence-corrected chi connectivity index (χ3v) is 6.09. The van der Waals surface area contributed by atoms with Gasteiger partial charge in [0.15, 0.2) is 0 Å². The van der Waals surface area contributed by atoms with Gasteiger partial charge in [0.1, 0.15) is 0 Å². The molecule has 154 valence electrons. The highest BCUT2D eigenvalue weighted by atomic mass is 32.2. The van der Waals surface area contributed by atoms with Gasteiger partial charge in [-0.1, -0.05) is 44.1 Å². The first-order chi connectivity index (χ1) is 13.1. The first-order valence-electron chi connectivity index (χ1n) is 10.3. The van der Waals surface area contributed by atoms with Crippen LogP contribution in [0.2, 0.25) is 0 Å². The normalized spacial score (nSPS) is 21.1. The van der Waals surface area contributed by atoms with E-state index < -0.39 is 5.41 Å².